The van der Waals surface area contributed by atoms with Crippen LogP contribution in [0.3, 0.4) is 0 Å². The summed E-state index contributed by atoms with van der Waals surface area (Å²) >= 11 is 0. The fraction of sp³-hybridized carbons (Fsp3) is 0.538. The van der Waals surface area contributed by atoms with Gasteiger partial charge in [-0.25, -0.2) is 29.9 Å². The predicted octanol–water partition coefficient (Wildman–Crippen LogP) is 1.30. The molecule has 0 aromatic heterocycles. The van der Waals surface area contributed by atoms with Crippen molar-refractivity contribution in [2.45, 2.75) is 23.8 Å². The van der Waals surface area contributed by atoms with Crippen LogP contribution in [0.25, 0.3) is 0 Å². The van der Waals surface area contributed by atoms with E-state index in [1.165, 1.54) is 0 Å². The first kappa shape index (κ1) is 17.3. The van der Waals surface area contributed by atoms with Gasteiger partial charge in [0.15, 0.2) is 0 Å². The molecule has 124 valence electrons. The van der Waals surface area contributed by atoms with Crippen molar-refractivity contribution < 1.29 is 25.6 Å². The van der Waals surface area contributed by atoms with Crippen molar-refractivity contribution in [3.8, 4) is 0 Å². The average Bonchev–Trinajstić information content (AvgIpc) is 2.42. The van der Waals surface area contributed by atoms with E-state index in [-0.39, 0.29) is 31.5 Å². The lowest BCUT2D eigenvalue weighted by atomic mass is 10.2. The van der Waals surface area contributed by atoms with Crippen LogP contribution >= 0.6 is 0 Å². The normalized spacial score (nSPS) is 18.5. The molecule has 1 aromatic carbocycles. The summed E-state index contributed by atoms with van der Waals surface area (Å²) in [5.74, 6) is -2.13. The molecule has 1 aromatic rings. The Morgan fingerprint density at radius 1 is 1.14 bits per heavy atom. The molecule has 2 rings (SSSR count). The lowest BCUT2D eigenvalue weighted by Gasteiger charge is -2.30. The molecule has 0 unspecified atom stereocenters. The van der Waals surface area contributed by atoms with E-state index in [1.54, 1.807) is 0 Å². The van der Waals surface area contributed by atoms with Gasteiger partial charge in [-0.05, 0) is 31.0 Å². The molecule has 0 saturated carbocycles. The quantitative estimate of drug-likeness (QED) is 0.818. The van der Waals surface area contributed by atoms with Crippen molar-refractivity contribution in [3.63, 3.8) is 0 Å². The Morgan fingerprint density at radius 3 is 2.27 bits per heavy atom. The SMILES string of the molecule is CS(=O)(=O)C1CCN(S(=O)(=O)Cc2cc(F)ccc2F)CC1. The minimum atomic E-state index is -3.81. The van der Waals surface area contributed by atoms with Crippen LogP contribution in [0.5, 0.6) is 0 Å². The maximum absolute atomic E-state index is 13.6. The van der Waals surface area contributed by atoms with E-state index in [1.807, 2.05) is 0 Å². The third-order valence-electron chi connectivity index (χ3n) is 3.75. The summed E-state index contributed by atoms with van der Waals surface area (Å²) in [5.41, 5.74) is -0.231. The van der Waals surface area contributed by atoms with E-state index in [4.69, 9.17) is 0 Å². The van der Waals surface area contributed by atoms with Crippen molar-refractivity contribution in [2.75, 3.05) is 19.3 Å². The first-order chi connectivity index (χ1) is 10.1. The van der Waals surface area contributed by atoms with E-state index < -0.39 is 42.5 Å². The van der Waals surface area contributed by atoms with Gasteiger partial charge in [0.2, 0.25) is 10.0 Å². The topological polar surface area (TPSA) is 71.5 Å². The Morgan fingerprint density at radius 2 is 1.73 bits per heavy atom. The highest BCUT2D eigenvalue weighted by Gasteiger charge is 2.32. The lowest BCUT2D eigenvalue weighted by molar-refractivity contribution is 0.345. The third kappa shape index (κ3) is 4.02. The van der Waals surface area contributed by atoms with Crippen molar-refractivity contribution in [1.29, 1.82) is 0 Å². The van der Waals surface area contributed by atoms with Gasteiger partial charge in [-0.1, -0.05) is 0 Å². The fourth-order valence-corrected chi connectivity index (χ4v) is 5.11. The Balaban J connectivity index is 2.11. The molecule has 1 saturated heterocycles. The molecule has 0 spiro atoms. The standard InChI is InChI=1S/C13H17F2NO4S2/c1-21(17,18)12-4-6-16(7-5-12)22(19,20)9-10-8-11(14)2-3-13(10)15/h2-3,8,12H,4-7,9H2,1H3. The summed E-state index contributed by atoms with van der Waals surface area (Å²) in [6.45, 7) is 0.133. The Bertz CT molecular complexity index is 754. The summed E-state index contributed by atoms with van der Waals surface area (Å²) in [5, 5.41) is -0.551. The molecule has 5 nitrogen and oxygen atoms in total. The largest absolute Gasteiger partial charge is 0.229 e. The highest BCUT2D eigenvalue weighted by atomic mass is 32.2. The monoisotopic (exact) mass is 353 g/mol. The van der Waals surface area contributed by atoms with Crippen LogP contribution in [-0.4, -0.2) is 45.7 Å². The summed E-state index contributed by atoms with van der Waals surface area (Å²) in [6, 6.07) is 2.66. The predicted molar refractivity (Wildman–Crippen MR) is 78.4 cm³/mol. The third-order valence-corrected chi connectivity index (χ3v) is 7.26. The number of halogens is 2. The lowest BCUT2D eigenvalue weighted by Crippen LogP contribution is -2.42. The molecule has 0 N–H and O–H groups in total. The number of benzene rings is 1. The minimum absolute atomic E-state index is 0.0665. The Hall–Kier alpha value is -1.06. The van der Waals surface area contributed by atoms with Crippen LogP contribution < -0.4 is 0 Å². The van der Waals surface area contributed by atoms with E-state index in [0.717, 1.165) is 28.8 Å². The molecule has 0 atom stereocenters. The second-order valence-electron chi connectivity index (χ2n) is 5.42. The first-order valence-electron chi connectivity index (χ1n) is 6.70. The van der Waals surface area contributed by atoms with E-state index in [0.29, 0.717) is 0 Å². The van der Waals surface area contributed by atoms with Crippen molar-refractivity contribution in [2.24, 2.45) is 0 Å². The van der Waals surface area contributed by atoms with Crippen LogP contribution in [-0.2, 0) is 25.6 Å². The molecule has 0 radical (unpaired) electrons. The van der Waals surface area contributed by atoms with Crippen LogP contribution in [0.2, 0.25) is 0 Å². The summed E-state index contributed by atoms with van der Waals surface area (Å²) in [7, 11) is -7.01. The molecular formula is C13H17F2NO4S2. The second-order valence-corrected chi connectivity index (χ2v) is 9.71. The molecule has 22 heavy (non-hydrogen) atoms. The second kappa shape index (κ2) is 6.21. The number of hydrogen-bond acceptors (Lipinski definition) is 4. The zero-order valence-corrected chi connectivity index (χ0v) is 13.6. The van der Waals surface area contributed by atoms with E-state index in [9.17, 15) is 25.6 Å². The van der Waals surface area contributed by atoms with Crippen LogP contribution in [0.4, 0.5) is 8.78 Å². The number of sulfonamides is 1. The number of sulfone groups is 1. The first-order valence-corrected chi connectivity index (χ1v) is 10.3. The highest BCUT2D eigenvalue weighted by Crippen LogP contribution is 2.22. The number of hydrogen-bond donors (Lipinski definition) is 0. The maximum atomic E-state index is 13.6. The van der Waals surface area contributed by atoms with Gasteiger partial charge in [0, 0.05) is 24.9 Å². The van der Waals surface area contributed by atoms with Crippen molar-refractivity contribution in [3.05, 3.63) is 35.4 Å². The molecule has 0 amide bonds. The number of nitrogens with zero attached hydrogens (tertiary/aromatic N) is 1. The molecule has 1 fully saturated rings. The van der Waals surface area contributed by atoms with Crippen molar-refractivity contribution in [1.82, 2.24) is 4.31 Å². The van der Waals surface area contributed by atoms with E-state index >= 15 is 0 Å². The van der Waals surface area contributed by atoms with Gasteiger partial charge in [0.05, 0.1) is 11.0 Å². The molecule has 1 aliphatic heterocycles. The Labute approximate surface area is 128 Å². The van der Waals surface area contributed by atoms with Crippen LogP contribution in [0.1, 0.15) is 18.4 Å². The fourth-order valence-electron chi connectivity index (χ4n) is 2.48. The van der Waals surface area contributed by atoms with E-state index in [2.05, 4.69) is 0 Å². The zero-order valence-electron chi connectivity index (χ0n) is 12.0. The highest BCUT2D eigenvalue weighted by molar-refractivity contribution is 7.91. The molecule has 1 aliphatic rings. The van der Waals surface area contributed by atoms with Gasteiger partial charge in [-0.3, -0.25) is 0 Å². The molecular weight excluding hydrogens is 336 g/mol. The van der Waals surface area contributed by atoms with Gasteiger partial charge in [0.25, 0.3) is 0 Å². The zero-order chi connectivity index (χ0) is 16.5. The van der Waals surface area contributed by atoms with Gasteiger partial charge in [-0.15, -0.1) is 0 Å². The molecule has 9 heteroatoms. The van der Waals surface area contributed by atoms with Crippen LogP contribution in [0, 0.1) is 11.6 Å². The smallest absolute Gasteiger partial charge is 0.218 e. The number of rotatable bonds is 4. The van der Waals surface area contributed by atoms with Gasteiger partial charge >= 0.3 is 0 Å². The molecule has 0 bridgehead atoms. The van der Waals surface area contributed by atoms with Gasteiger partial charge < -0.3 is 0 Å². The van der Waals surface area contributed by atoms with Crippen LogP contribution in [0.15, 0.2) is 18.2 Å². The van der Waals surface area contributed by atoms with Gasteiger partial charge in [0.1, 0.15) is 21.5 Å². The number of piperidine rings is 1. The molecule has 0 aliphatic carbocycles. The van der Waals surface area contributed by atoms with Crippen molar-refractivity contribution >= 4 is 19.9 Å². The van der Waals surface area contributed by atoms with Gasteiger partial charge in [-0.2, -0.15) is 0 Å². The summed E-state index contributed by atoms with van der Waals surface area (Å²) in [4.78, 5) is 0. The maximum Gasteiger partial charge on any atom is 0.218 e. The minimum Gasteiger partial charge on any atom is -0.229 e. The summed E-state index contributed by atoms with van der Waals surface area (Å²) in [6.07, 6.45) is 1.55. The average molecular weight is 353 g/mol. The Kier molecular flexibility index (Phi) is 4.88. The molecule has 1 heterocycles. The summed E-state index contributed by atoms with van der Waals surface area (Å²) < 4.78 is 75.2.